The molecular weight excluding hydrogens is 318 g/mol. The average Bonchev–Trinajstić information content (AvgIpc) is 2.66. The summed E-state index contributed by atoms with van der Waals surface area (Å²) in [7, 11) is 1.65. The maximum atomic E-state index is 12.0. The van der Waals surface area contributed by atoms with E-state index in [0.29, 0.717) is 31.9 Å². The highest BCUT2D eigenvalue weighted by Gasteiger charge is 2.10. The normalized spacial score (nSPS) is 12.8. The fourth-order valence-electron chi connectivity index (χ4n) is 2.62. The van der Waals surface area contributed by atoms with Crippen molar-refractivity contribution in [2.45, 2.75) is 6.42 Å². The Labute approximate surface area is 147 Å². The fourth-order valence-corrected chi connectivity index (χ4v) is 2.62. The molecule has 5 heteroatoms. The largest absolute Gasteiger partial charge is 0.496 e. The molecule has 5 nitrogen and oxygen atoms in total. The van der Waals surface area contributed by atoms with Crippen LogP contribution in [0, 0.1) is 0 Å². The number of fused-ring (bicyclic) bond motifs is 1. The molecule has 0 aliphatic carbocycles. The Morgan fingerprint density at radius 2 is 1.96 bits per heavy atom. The monoisotopic (exact) mass is 339 g/mol. The smallest absolute Gasteiger partial charge is 0.244 e. The van der Waals surface area contributed by atoms with Gasteiger partial charge in [0.15, 0.2) is 11.5 Å². The van der Waals surface area contributed by atoms with Crippen LogP contribution in [0.3, 0.4) is 0 Å². The summed E-state index contributed by atoms with van der Waals surface area (Å²) in [5.74, 6) is 2.16. The molecular formula is C20H21NO4. The van der Waals surface area contributed by atoms with Gasteiger partial charge in [-0.2, -0.15) is 0 Å². The number of benzene rings is 2. The van der Waals surface area contributed by atoms with Crippen LogP contribution in [0.15, 0.2) is 48.5 Å². The molecule has 0 fully saturated rings. The van der Waals surface area contributed by atoms with Gasteiger partial charge in [-0.3, -0.25) is 4.79 Å². The number of carbonyl (C=O) groups excluding carboxylic acids is 1. The lowest BCUT2D eigenvalue weighted by molar-refractivity contribution is -0.116. The van der Waals surface area contributed by atoms with Crippen LogP contribution in [0.25, 0.3) is 6.08 Å². The Hall–Kier alpha value is -2.95. The number of rotatable bonds is 6. The van der Waals surface area contributed by atoms with Crippen molar-refractivity contribution < 1.29 is 19.0 Å². The number of hydrogen-bond acceptors (Lipinski definition) is 4. The third-order valence-electron chi connectivity index (χ3n) is 3.88. The molecule has 0 spiro atoms. The lowest BCUT2D eigenvalue weighted by atomic mass is 10.1. The quantitative estimate of drug-likeness (QED) is 0.822. The van der Waals surface area contributed by atoms with Gasteiger partial charge in [0, 0.05) is 12.6 Å². The molecule has 0 radical (unpaired) electrons. The van der Waals surface area contributed by atoms with Crippen LogP contribution in [-0.2, 0) is 11.2 Å². The molecule has 1 heterocycles. The van der Waals surface area contributed by atoms with Crippen molar-refractivity contribution in [2.24, 2.45) is 0 Å². The topological polar surface area (TPSA) is 56.8 Å². The van der Waals surface area contributed by atoms with Crippen LogP contribution in [-0.4, -0.2) is 32.8 Å². The summed E-state index contributed by atoms with van der Waals surface area (Å²) in [5, 5.41) is 2.88. The van der Waals surface area contributed by atoms with Crippen molar-refractivity contribution in [3.63, 3.8) is 0 Å². The standard InChI is InChI=1S/C20H21NO4/c1-23-17-5-3-2-4-16(17)10-11-21-20(22)9-7-15-6-8-18-19(14-15)25-13-12-24-18/h2-9,14H,10-13H2,1H3,(H,21,22). The van der Waals surface area contributed by atoms with Crippen LogP contribution in [0.4, 0.5) is 0 Å². The summed E-state index contributed by atoms with van der Waals surface area (Å²) in [6.45, 7) is 1.66. The van der Waals surface area contributed by atoms with E-state index in [9.17, 15) is 4.79 Å². The SMILES string of the molecule is COc1ccccc1CCNC(=O)C=Cc1ccc2c(c1)OCCO2. The Balaban J connectivity index is 1.51. The van der Waals surface area contributed by atoms with Crippen molar-refractivity contribution in [3.05, 3.63) is 59.7 Å². The Morgan fingerprint density at radius 1 is 1.16 bits per heavy atom. The van der Waals surface area contributed by atoms with E-state index in [1.807, 2.05) is 42.5 Å². The molecule has 1 aliphatic heterocycles. The number of amides is 1. The van der Waals surface area contributed by atoms with Crippen LogP contribution < -0.4 is 19.5 Å². The lowest BCUT2D eigenvalue weighted by Gasteiger charge is -2.18. The van der Waals surface area contributed by atoms with Crippen LogP contribution in [0.5, 0.6) is 17.2 Å². The summed E-state index contributed by atoms with van der Waals surface area (Å²) in [5.41, 5.74) is 1.96. The number of hydrogen-bond donors (Lipinski definition) is 1. The van der Waals surface area contributed by atoms with Crippen molar-refractivity contribution in [3.8, 4) is 17.2 Å². The zero-order chi connectivity index (χ0) is 17.5. The first-order valence-electron chi connectivity index (χ1n) is 8.24. The van der Waals surface area contributed by atoms with E-state index in [-0.39, 0.29) is 5.91 Å². The van der Waals surface area contributed by atoms with Gasteiger partial charge in [0.25, 0.3) is 0 Å². The number of nitrogens with one attached hydrogen (secondary N) is 1. The first-order valence-corrected chi connectivity index (χ1v) is 8.24. The molecule has 0 aromatic heterocycles. The van der Waals surface area contributed by atoms with E-state index in [1.165, 1.54) is 6.08 Å². The zero-order valence-corrected chi connectivity index (χ0v) is 14.2. The highest BCUT2D eigenvalue weighted by Crippen LogP contribution is 2.31. The first-order chi connectivity index (χ1) is 12.3. The van der Waals surface area contributed by atoms with Gasteiger partial charge in [0.2, 0.25) is 5.91 Å². The van der Waals surface area contributed by atoms with Gasteiger partial charge >= 0.3 is 0 Å². The Bertz CT molecular complexity index is 770. The maximum Gasteiger partial charge on any atom is 0.244 e. The van der Waals surface area contributed by atoms with Gasteiger partial charge in [-0.25, -0.2) is 0 Å². The third kappa shape index (κ3) is 4.53. The molecule has 0 unspecified atom stereocenters. The van der Waals surface area contributed by atoms with Gasteiger partial charge in [0.1, 0.15) is 19.0 Å². The molecule has 130 valence electrons. The summed E-state index contributed by atoms with van der Waals surface area (Å²) in [6, 6.07) is 13.4. The highest BCUT2D eigenvalue weighted by molar-refractivity contribution is 5.91. The van der Waals surface area contributed by atoms with Gasteiger partial charge < -0.3 is 19.5 Å². The van der Waals surface area contributed by atoms with E-state index in [2.05, 4.69) is 5.32 Å². The first kappa shape index (κ1) is 16.9. The number of ether oxygens (including phenoxy) is 3. The molecule has 25 heavy (non-hydrogen) atoms. The number of methoxy groups -OCH3 is 1. The number of carbonyl (C=O) groups is 1. The molecule has 1 N–H and O–H groups in total. The second kappa shape index (κ2) is 8.24. The molecule has 1 aliphatic rings. The van der Waals surface area contributed by atoms with Crippen LogP contribution >= 0.6 is 0 Å². The minimum atomic E-state index is -0.134. The van der Waals surface area contributed by atoms with Crippen molar-refractivity contribution in [2.75, 3.05) is 26.9 Å². The van der Waals surface area contributed by atoms with E-state index in [1.54, 1.807) is 13.2 Å². The van der Waals surface area contributed by atoms with Crippen LogP contribution in [0.1, 0.15) is 11.1 Å². The maximum absolute atomic E-state index is 12.0. The van der Waals surface area contributed by atoms with Gasteiger partial charge in [-0.1, -0.05) is 24.3 Å². The molecule has 0 bridgehead atoms. The summed E-state index contributed by atoms with van der Waals surface area (Å²) >= 11 is 0. The van der Waals surface area contributed by atoms with Crippen molar-refractivity contribution >= 4 is 12.0 Å². The average molecular weight is 339 g/mol. The molecule has 2 aromatic rings. The lowest BCUT2D eigenvalue weighted by Crippen LogP contribution is -2.23. The van der Waals surface area contributed by atoms with Crippen LogP contribution in [0.2, 0.25) is 0 Å². The molecule has 0 saturated heterocycles. The predicted octanol–water partition coefficient (Wildman–Crippen LogP) is 2.84. The molecule has 0 saturated carbocycles. The van der Waals surface area contributed by atoms with Crippen molar-refractivity contribution in [1.29, 1.82) is 0 Å². The van der Waals surface area contributed by atoms with E-state index in [4.69, 9.17) is 14.2 Å². The third-order valence-corrected chi connectivity index (χ3v) is 3.88. The van der Waals surface area contributed by atoms with E-state index >= 15 is 0 Å². The van der Waals surface area contributed by atoms with Gasteiger partial charge in [-0.15, -0.1) is 0 Å². The summed E-state index contributed by atoms with van der Waals surface area (Å²) in [6.07, 6.45) is 4.00. The van der Waals surface area contributed by atoms with E-state index < -0.39 is 0 Å². The molecule has 1 amide bonds. The highest BCUT2D eigenvalue weighted by atomic mass is 16.6. The molecule has 3 rings (SSSR count). The minimum absolute atomic E-state index is 0.134. The second-order valence-corrected chi connectivity index (χ2v) is 5.59. The minimum Gasteiger partial charge on any atom is -0.496 e. The molecule has 2 aromatic carbocycles. The van der Waals surface area contributed by atoms with Gasteiger partial charge in [0.05, 0.1) is 7.11 Å². The summed E-state index contributed by atoms with van der Waals surface area (Å²) < 4.78 is 16.3. The molecule has 0 atom stereocenters. The van der Waals surface area contributed by atoms with E-state index in [0.717, 1.165) is 22.6 Å². The number of para-hydroxylation sites is 1. The predicted molar refractivity (Wildman–Crippen MR) is 96.2 cm³/mol. The van der Waals surface area contributed by atoms with Crippen molar-refractivity contribution in [1.82, 2.24) is 5.32 Å². The summed E-state index contributed by atoms with van der Waals surface area (Å²) in [4.78, 5) is 12.0. The Kier molecular flexibility index (Phi) is 5.57. The van der Waals surface area contributed by atoms with Gasteiger partial charge in [-0.05, 0) is 41.8 Å². The fraction of sp³-hybridized carbons (Fsp3) is 0.250. The Morgan fingerprint density at radius 3 is 2.80 bits per heavy atom. The zero-order valence-electron chi connectivity index (χ0n) is 14.2. The second-order valence-electron chi connectivity index (χ2n) is 5.59.